The predicted octanol–water partition coefficient (Wildman–Crippen LogP) is 2.24. The fourth-order valence-corrected chi connectivity index (χ4v) is 4.41. The van der Waals surface area contributed by atoms with Gasteiger partial charge in [0, 0.05) is 30.1 Å². The van der Waals surface area contributed by atoms with Crippen LogP contribution in [0.1, 0.15) is 61.7 Å². The third-order valence-corrected chi connectivity index (χ3v) is 6.21. The molecule has 1 aliphatic heterocycles. The molecule has 6 nitrogen and oxygen atoms in total. The number of benzene rings is 1. The van der Waals surface area contributed by atoms with Crippen LogP contribution in [0.3, 0.4) is 0 Å². The molecular formula is C22H29N3O3. The summed E-state index contributed by atoms with van der Waals surface area (Å²) >= 11 is 0. The molecule has 1 saturated heterocycles. The van der Waals surface area contributed by atoms with Crippen LogP contribution < -0.4 is 10.6 Å². The lowest BCUT2D eigenvalue weighted by Crippen LogP contribution is -2.51. The third kappa shape index (κ3) is 4.37. The Morgan fingerprint density at radius 3 is 2.11 bits per heavy atom. The van der Waals surface area contributed by atoms with Gasteiger partial charge in [-0.2, -0.15) is 0 Å². The van der Waals surface area contributed by atoms with Gasteiger partial charge in [-0.15, -0.1) is 0 Å². The zero-order chi connectivity index (χ0) is 19.5. The third-order valence-electron chi connectivity index (χ3n) is 6.21. The summed E-state index contributed by atoms with van der Waals surface area (Å²) < 4.78 is 0. The quantitative estimate of drug-likeness (QED) is 0.819. The summed E-state index contributed by atoms with van der Waals surface area (Å²) in [5.74, 6) is 0.304. The molecule has 1 atom stereocenters. The summed E-state index contributed by atoms with van der Waals surface area (Å²) in [5, 5.41) is 6.27. The zero-order valence-electron chi connectivity index (χ0n) is 16.2. The molecule has 2 N–H and O–H groups in total. The van der Waals surface area contributed by atoms with Crippen LogP contribution in [-0.4, -0.2) is 47.3 Å². The summed E-state index contributed by atoms with van der Waals surface area (Å²) in [6.07, 6.45) is 7.06. The number of rotatable bonds is 5. The largest absolute Gasteiger partial charge is 0.352 e. The molecule has 0 bridgehead atoms. The maximum Gasteiger partial charge on any atom is 0.251 e. The van der Waals surface area contributed by atoms with E-state index >= 15 is 0 Å². The number of nitrogens with zero attached hydrogens (tertiary/aromatic N) is 1. The summed E-state index contributed by atoms with van der Waals surface area (Å²) in [7, 11) is 0. The number of nitrogens with one attached hydrogen (secondary N) is 2. The average Bonchev–Trinajstić information content (AvgIpc) is 3.45. The molecular weight excluding hydrogens is 354 g/mol. The lowest BCUT2D eigenvalue weighted by atomic mass is 9.90. The van der Waals surface area contributed by atoms with E-state index in [4.69, 9.17) is 0 Å². The van der Waals surface area contributed by atoms with Crippen LogP contribution in [0.2, 0.25) is 0 Å². The second kappa shape index (κ2) is 8.33. The Morgan fingerprint density at radius 2 is 1.46 bits per heavy atom. The number of hydrogen-bond acceptors (Lipinski definition) is 3. The minimum atomic E-state index is -0.288. The highest BCUT2D eigenvalue weighted by molar-refractivity contribution is 5.94. The van der Waals surface area contributed by atoms with Crippen molar-refractivity contribution < 1.29 is 14.4 Å². The van der Waals surface area contributed by atoms with Crippen molar-refractivity contribution in [1.82, 2.24) is 15.5 Å². The van der Waals surface area contributed by atoms with Gasteiger partial charge in [0.1, 0.15) is 6.04 Å². The predicted molar refractivity (Wildman–Crippen MR) is 106 cm³/mol. The Kier molecular flexibility index (Phi) is 5.64. The molecule has 28 heavy (non-hydrogen) atoms. The van der Waals surface area contributed by atoms with Crippen LogP contribution >= 0.6 is 0 Å². The van der Waals surface area contributed by atoms with E-state index in [9.17, 15) is 14.4 Å². The van der Waals surface area contributed by atoms with E-state index in [1.54, 1.807) is 4.90 Å². The van der Waals surface area contributed by atoms with Crippen molar-refractivity contribution in [3.63, 3.8) is 0 Å². The van der Waals surface area contributed by atoms with Gasteiger partial charge in [0.2, 0.25) is 11.8 Å². The first-order valence-electron chi connectivity index (χ1n) is 10.6. The molecule has 150 valence electrons. The fraction of sp³-hybridized carbons (Fsp3) is 0.591. The van der Waals surface area contributed by atoms with Crippen LogP contribution in [0.15, 0.2) is 30.3 Å². The minimum absolute atomic E-state index is 0.00303. The van der Waals surface area contributed by atoms with E-state index in [0.717, 1.165) is 51.4 Å². The van der Waals surface area contributed by atoms with E-state index in [-0.39, 0.29) is 41.8 Å². The van der Waals surface area contributed by atoms with Gasteiger partial charge in [-0.25, -0.2) is 0 Å². The van der Waals surface area contributed by atoms with Crippen molar-refractivity contribution in [3.8, 4) is 0 Å². The number of hydrogen-bond donors (Lipinski definition) is 2. The molecule has 1 heterocycles. The second-order valence-corrected chi connectivity index (χ2v) is 8.36. The molecule has 3 fully saturated rings. The molecule has 3 aliphatic rings. The van der Waals surface area contributed by atoms with Crippen LogP contribution in [0.25, 0.3) is 0 Å². The molecule has 0 unspecified atom stereocenters. The molecule has 4 rings (SSSR count). The first kappa shape index (κ1) is 19.0. The van der Waals surface area contributed by atoms with Crippen molar-refractivity contribution in [2.75, 3.05) is 6.54 Å². The summed E-state index contributed by atoms with van der Waals surface area (Å²) in [5.41, 5.74) is 0.680. The van der Waals surface area contributed by atoms with Crippen molar-refractivity contribution >= 4 is 17.7 Å². The van der Waals surface area contributed by atoms with Crippen molar-refractivity contribution in [2.24, 2.45) is 5.92 Å². The Bertz CT molecular complexity index is 724. The summed E-state index contributed by atoms with van der Waals surface area (Å²) in [6.45, 7) is 0.714. The van der Waals surface area contributed by atoms with Crippen molar-refractivity contribution in [3.05, 3.63) is 35.9 Å². The van der Waals surface area contributed by atoms with Crippen molar-refractivity contribution in [1.29, 1.82) is 0 Å². The van der Waals surface area contributed by atoms with Crippen LogP contribution in [-0.2, 0) is 9.59 Å². The van der Waals surface area contributed by atoms with Crippen LogP contribution in [0.5, 0.6) is 0 Å². The monoisotopic (exact) mass is 383 g/mol. The zero-order valence-corrected chi connectivity index (χ0v) is 16.2. The van der Waals surface area contributed by atoms with Crippen LogP contribution in [0, 0.1) is 5.92 Å². The van der Waals surface area contributed by atoms with E-state index in [2.05, 4.69) is 10.6 Å². The number of carbonyl (C=O) groups excluding carboxylic acids is 3. The first-order chi connectivity index (χ1) is 13.6. The number of likely N-dealkylation sites (tertiary alicyclic amines) is 1. The molecule has 1 aromatic carbocycles. The van der Waals surface area contributed by atoms with Gasteiger partial charge in [-0.3, -0.25) is 14.4 Å². The standard InChI is InChI=1S/C22H29N3O3/c26-20(15-5-2-1-3-6-15)23-17-10-12-18(13-11-17)24-21(27)19-7-4-14-25(19)22(28)16-8-9-16/h1-3,5-6,16-19H,4,7-14H2,(H,23,26)(H,24,27)/t17?,18?,19-/m0/s1. The van der Waals surface area contributed by atoms with E-state index < -0.39 is 0 Å². The molecule has 1 aromatic rings. The second-order valence-electron chi connectivity index (χ2n) is 8.36. The van der Waals surface area contributed by atoms with Gasteiger partial charge in [-0.1, -0.05) is 18.2 Å². The highest BCUT2D eigenvalue weighted by Gasteiger charge is 2.41. The Balaban J connectivity index is 1.23. The minimum Gasteiger partial charge on any atom is -0.352 e. The van der Waals surface area contributed by atoms with E-state index in [0.29, 0.717) is 12.1 Å². The van der Waals surface area contributed by atoms with Gasteiger partial charge in [-0.05, 0) is 63.5 Å². The Morgan fingerprint density at radius 1 is 0.821 bits per heavy atom. The van der Waals surface area contributed by atoms with Gasteiger partial charge >= 0.3 is 0 Å². The molecule has 3 amide bonds. The normalized spacial score (nSPS) is 27.3. The lowest BCUT2D eigenvalue weighted by molar-refractivity contribution is -0.139. The smallest absolute Gasteiger partial charge is 0.251 e. The summed E-state index contributed by atoms with van der Waals surface area (Å²) in [4.78, 5) is 39.2. The topological polar surface area (TPSA) is 78.5 Å². The number of carbonyl (C=O) groups is 3. The summed E-state index contributed by atoms with van der Waals surface area (Å²) in [6, 6.07) is 9.26. The van der Waals surface area contributed by atoms with Crippen molar-refractivity contribution in [2.45, 2.75) is 69.5 Å². The van der Waals surface area contributed by atoms with Gasteiger partial charge in [0.25, 0.3) is 5.91 Å². The first-order valence-corrected chi connectivity index (χ1v) is 10.6. The van der Waals surface area contributed by atoms with E-state index in [1.807, 2.05) is 30.3 Å². The van der Waals surface area contributed by atoms with Gasteiger partial charge < -0.3 is 15.5 Å². The highest BCUT2D eigenvalue weighted by Crippen LogP contribution is 2.33. The molecule has 6 heteroatoms. The molecule has 2 saturated carbocycles. The Hall–Kier alpha value is -2.37. The highest BCUT2D eigenvalue weighted by atomic mass is 16.2. The Labute approximate surface area is 166 Å². The van der Waals surface area contributed by atoms with Gasteiger partial charge in [0.15, 0.2) is 0 Å². The molecule has 2 aliphatic carbocycles. The van der Waals surface area contributed by atoms with Gasteiger partial charge in [0.05, 0.1) is 0 Å². The lowest BCUT2D eigenvalue weighted by Gasteiger charge is -2.31. The molecule has 0 spiro atoms. The number of amides is 3. The maximum absolute atomic E-state index is 12.7. The molecule has 0 aromatic heterocycles. The average molecular weight is 383 g/mol. The SMILES string of the molecule is O=C(NC1CCC(NC(=O)[C@@H]2CCCN2C(=O)C2CC2)CC1)c1ccccc1. The maximum atomic E-state index is 12.7. The fourth-order valence-electron chi connectivity index (χ4n) is 4.41. The molecule has 0 radical (unpaired) electrons. The van der Waals surface area contributed by atoms with Crippen LogP contribution in [0.4, 0.5) is 0 Å². The van der Waals surface area contributed by atoms with E-state index in [1.165, 1.54) is 0 Å².